The Morgan fingerprint density at radius 3 is 2.78 bits per heavy atom. The molecule has 2 N–H and O–H groups in total. The zero-order chi connectivity index (χ0) is 12.7. The Morgan fingerprint density at radius 1 is 1.17 bits per heavy atom. The van der Waals surface area contributed by atoms with E-state index in [2.05, 4.69) is 4.98 Å². The number of hydrogen-bond acceptors (Lipinski definition) is 3. The Morgan fingerprint density at radius 2 is 2.00 bits per heavy atom. The number of fused-ring (bicyclic) bond motifs is 1. The van der Waals surface area contributed by atoms with Gasteiger partial charge in [0.2, 0.25) is 0 Å². The van der Waals surface area contributed by atoms with Crippen LogP contribution in [0, 0.1) is 5.82 Å². The molecule has 0 aliphatic heterocycles. The molecule has 1 heterocycles. The van der Waals surface area contributed by atoms with Crippen LogP contribution in [0.5, 0.6) is 0 Å². The zero-order valence-electron chi connectivity index (χ0n) is 9.15. The summed E-state index contributed by atoms with van der Waals surface area (Å²) in [6.45, 7) is 0. The van der Waals surface area contributed by atoms with Crippen LogP contribution in [0.4, 0.5) is 10.1 Å². The third kappa shape index (κ3) is 1.94. The van der Waals surface area contributed by atoms with Crippen LogP contribution < -0.4 is 5.73 Å². The van der Waals surface area contributed by atoms with Crippen molar-refractivity contribution >= 4 is 38.8 Å². The highest BCUT2D eigenvalue weighted by atomic mass is 35.5. The molecule has 0 aliphatic carbocycles. The van der Waals surface area contributed by atoms with E-state index in [-0.39, 0.29) is 5.82 Å². The maximum Gasteiger partial charge on any atom is 0.124 e. The number of nitrogens with zero attached hydrogens (tertiary/aromatic N) is 1. The van der Waals surface area contributed by atoms with E-state index in [9.17, 15) is 4.39 Å². The molecule has 0 fully saturated rings. The van der Waals surface area contributed by atoms with Crippen LogP contribution in [-0.2, 0) is 0 Å². The normalized spacial score (nSPS) is 11.0. The van der Waals surface area contributed by atoms with Crippen molar-refractivity contribution in [3.8, 4) is 10.6 Å². The van der Waals surface area contributed by atoms with Crippen LogP contribution in [0.2, 0.25) is 5.02 Å². The summed E-state index contributed by atoms with van der Waals surface area (Å²) < 4.78 is 13.9. The monoisotopic (exact) mass is 278 g/mol. The van der Waals surface area contributed by atoms with Crippen molar-refractivity contribution < 1.29 is 4.39 Å². The summed E-state index contributed by atoms with van der Waals surface area (Å²) in [5, 5.41) is 1.30. The van der Waals surface area contributed by atoms with Crippen LogP contribution in [-0.4, -0.2) is 4.98 Å². The van der Waals surface area contributed by atoms with Gasteiger partial charge in [-0.15, -0.1) is 11.3 Å². The van der Waals surface area contributed by atoms with E-state index in [4.69, 9.17) is 17.3 Å². The van der Waals surface area contributed by atoms with Crippen molar-refractivity contribution in [3.05, 3.63) is 47.2 Å². The number of nitrogens with two attached hydrogens (primary N) is 1. The minimum atomic E-state index is -0.256. The van der Waals surface area contributed by atoms with Gasteiger partial charge in [-0.1, -0.05) is 11.6 Å². The Kier molecular flexibility index (Phi) is 2.69. The summed E-state index contributed by atoms with van der Waals surface area (Å²) in [7, 11) is 0. The first kappa shape index (κ1) is 11.4. The molecular formula is C13H8ClFN2S. The third-order valence-electron chi connectivity index (χ3n) is 2.60. The van der Waals surface area contributed by atoms with Crippen molar-refractivity contribution in [3.63, 3.8) is 0 Å². The summed E-state index contributed by atoms with van der Waals surface area (Å²) in [5.74, 6) is -0.256. The van der Waals surface area contributed by atoms with E-state index in [1.165, 1.54) is 23.5 Å². The lowest BCUT2D eigenvalue weighted by Crippen LogP contribution is -1.86. The van der Waals surface area contributed by atoms with Gasteiger partial charge in [-0.25, -0.2) is 9.37 Å². The molecule has 0 unspecified atom stereocenters. The van der Waals surface area contributed by atoms with Crippen molar-refractivity contribution in [2.45, 2.75) is 0 Å². The van der Waals surface area contributed by atoms with E-state index >= 15 is 0 Å². The van der Waals surface area contributed by atoms with Crippen LogP contribution in [0.15, 0.2) is 36.4 Å². The summed E-state index contributed by atoms with van der Waals surface area (Å²) in [6.07, 6.45) is 0. The molecule has 0 aliphatic rings. The van der Waals surface area contributed by atoms with E-state index in [1.54, 1.807) is 18.2 Å². The second-order valence-corrected chi connectivity index (χ2v) is 5.31. The third-order valence-corrected chi connectivity index (χ3v) is 3.99. The predicted molar refractivity (Wildman–Crippen MR) is 74.4 cm³/mol. The van der Waals surface area contributed by atoms with Crippen LogP contribution in [0.1, 0.15) is 0 Å². The first-order valence-corrected chi connectivity index (χ1v) is 6.44. The van der Waals surface area contributed by atoms with Gasteiger partial charge in [-0.2, -0.15) is 0 Å². The highest BCUT2D eigenvalue weighted by Crippen LogP contribution is 2.33. The number of thiazole rings is 1. The van der Waals surface area contributed by atoms with Gasteiger partial charge in [0.15, 0.2) is 0 Å². The molecule has 3 rings (SSSR count). The van der Waals surface area contributed by atoms with Gasteiger partial charge in [0, 0.05) is 5.56 Å². The molecule has 0 atom stereocenters. The average Bonchev–Trinajstić information content (AvgIpc) is 2.75. The minimum absolute atomic E-state index is 0.256. The first-order valence-electron chi connectivity index (χ1n) is 5.25. The smallest absolute Gasteiger partial charge is 0.124 e. The molecule has 0 radical (unpaired) electrons. The highest BCUT2D eigenvalue weighted by Gasteiger charge is 2.08. The van der Waals surface area contributed by atoms with E-state index in [0.29, 0.717) is 10.7 Å². The maximum atomic E-state index is 13.1. The van der Waals surface area contributed by atoms with Gasteiger partial charge >= 0.3 is 0 Å². The van der Waals surface area contributed by atoms with E-state index < -0.39 is 0 Å². The molecule has 0 saturated heterocycles. The SMILES string of the molecule is Nc1ccc(-c2nc3ccc(F)cc3s2)cc1Cl. The number of aromatic nitrogens is 1. The zero-order valence-corrected chi connectivity index (χ0v) is 10.7. The summed E-state index contributed by atoms with van der Waals surface area (Å²) in [6, 6.07) is 9.92. The molecule has 3 aromatic rings. The molecule has 0 amide bonds. The molecule has 18 heavy (non-hydrogen) atoms. The largest absolute Gasteiger partial charge is 0.398 e. The predicted octanol–water partition coefficient (Wildman–Crippen LogP) is 4.34. The van der Waals surface area contributed by atoms with Gasteiger partial charge < -0.3 is 5.73 Å². The molecule has 2 nitrogen and oxygen atoms in total. The van der Waals surface area contributed by atoms with Crippen LogP contribution >= 0.6 is 22.9 Å². The van der Waals surface area contributed by atoms with E-state index in [1.807, 2.05) is 6.07 Å². The fraction of sp³-hybridized carbons (Fsp3) is 0. The lowest BCUT2D eigenvalue weighted by molar-refractivity contribution is 0.630. The second kappa shape index (κ2) is 4.23. The molecule has 5 heteroatoms. The Balaban J connectivity index is 2.16. The number of anilines is 1. The number of benzene rings is 2. The van der Waals surface area contributed by atoms with Crippen LogP contribution in [0.25, 0.3) is 20.8 Å². The van der Waals surface area contributed by atoms with Gasteiger partial charge in [0.25, 0.3) is 0 Å². The molecular weight excluding hydrogens is 271 g/mol. The quantitative estimate of drug-likeness (QED) is 0.673. The maximum absolute atomic E-state index is 13.1. The molecule has 0 bridgehead atoms. The molecule has 2 aromatic carbocycles. The summed E-state index contributed by atoms with van der Waals surface area (Å²) >= 11 is 7.41. The Hall–Kier alpha value is -1.65. The van der Waals surface area contributed by atoms with Gasteiger partial charge in [-0.3, -0.25) is 0 Å². The van der Waals surface area contributed by atoms with Crippen LogP contribution in [0.3, 0.4) is 0 Å². The number of rotatable bonds is 1. The average molecular weight is 279 g/mol. The van der Waals surface area contributed by atoms with Gasteiger partial charge in [0.1, 0.15) is 10.8 Å². The fourth-order valence-corrected chi connectivity index (χ4v) is 2.85. The van der Waals surface area contributed by atoms with Gasteiger partial charge in [-0.05, 0) is 36.4 Å². The van der Waals surface area contributed by atoms with E-state index in [0.717, 1.165) is 20.8 Å². The Bertz CT molecular complexity index is 739. The molecule has 1 aromatic heterocycles. The lowest BCUT2D eigenvalue weighted by Gasteiger charge is -1.99. The van der Waals surface area contributed by atoms with Crippen molar-refractivity contribution in [1.29, 1.82) is 0 Å². The Labute approximate surface area is 112 Å². The molecule has 0 saturated carbocycles. The van der Waals surface area contributed by atoms with Crippen molar-refractivity contribution in [2.24, 2.45) is 0 Å². The molecule has 0 spiro atoms. The summed E-state index contributed by atoms with van der Waals surface area (Å²) in [4.78, 5) is 4.45. The topological polar surface area (TPSA) is 38.9 Å². The minimum Gasteiger partial charge on any atom is -0.398 e. The standard InChI is InChI=1S/C13H8ClFN2S/c14-9-5-7(1-3-10(9)16)13-17-11-4-2-8(15)6-12(11)18-13/h1-6H,16H2. The summed E-state index contributed by atoms with van der Waals surface area (Å²) in [5.41, 5.74) is 7.86. The second-order valence-electron chi connectivity index (χ2n) is 3.87. The first-order chi connectivity index (χ1) is 8.63. The molecule has 90 valence electrons. The van der Waals surface area contributed by atoms with Crippen molar-refractivity contribution in [2.75, 3.05) is 5.73 Å². The van der Waals surface area contributed by atoms with Gasteiger partial charge in [0.05, 0.1) is 20.9 Å². The van der Waals surface area contributed by atoms with Crippen molar-refractivity contribution in [1.82, 2.24) is 4.98 Å². The number of hydrogen-bond donors (Lipinski definition) is 1. The lowest BCUT2D eigenvalue weighted by atomic mass is 10.2. The number of halogens is 2. The highest BCUT2D eigenvalue weighted by molar-refractivity contribution is 7.21. The number of nitrogen functional groups attached to an aromatic ring is 1. The fourth-order valence-electron chi connectivity index (χ4n) is 1.68.